The van der Waals surface area contributed by atoms with Gasteiger partial charge in [-0.3, -0.25) is 4.90 Å². The summed E-state index contributed by atoms with van der Waals surface area (Å²) in [5.41, 5.74) is 1.83. The molecule has 0 bridgehead atoms. The maximum Gasteiger partial charge on any atom is 0.407 e. The van der Waals surface area contributed by atoms with Crippen molar-refractivity contribution in [1.82, 2.24) is 10.2 Å². The van der Waals surface area contributed by atoms with Gasteiger partial charge in [0.15, 0.2) is 0 Å². The standard InChI is InChI=1S/C29H41FN2O2/c1-6-26(21(2)31-28(33)34-29(3,4)5)27(24-13-10-14-25(30)19-24)23-15-17-32(18-16-23)20-22-11-8-7-9-12-22/h7-14,19,21,23,26-27H,6,15-18,20H2,1-5H3,(H,31,33). The average Bonchev–Trinajstić information content (AvgIpc) is 2.77. The van der Waals surface area contributed by atoms with Gasteiger partial charge in [0.1, 0.15) is 11.4 Å². The molecule has 0 aromatic heterocycles. The Hall–Kier alpha value is -2.40. The summed E-state index contributed by atoms with van der Waals surface area (Å²) in [5.74, 6) is 0.581. The summed E-state index contributed by atoms with van der Waals surface area (Å²) in [7, 11) is 0. The van der Waals surface area contributed by atoms with E-state index >= 15 is 0 Å². The van der Waals surface area contributed by atoms with E-state index in [2.05, 4.69) is 54.4 Å². The van der Waals surface area contributed by atoms with Crippen molar-refractivity contribution in [2.75, 3.05) is 13.1 Å². The first-order chi connectivity index (χ1) is 16.2. The van der Waals surface area contributed by atoms with Crippen LogP contribution in [-0.4, -0.2) is 35.7 Å². The highest BCUT2D eigenvalue weighted by molar-refractivity contribution is 5.68. The van der Waals surface area contributed by atoms with E-state index in [9.17, 15) is 9.18 Å². The lowest BCUT2D eigenvalue weighted by Gasteiger charge is -2.41. The number of hydrogen-bond acceptors (Lipinski definition) is 3. The summed E-state index contributed by atoms with van der Waals surface area (Å²) in [4.78, 5) is 15.0. The van der Waals surface area contributed by atoms with Crippen LogP contribution in [0.3, 0.4) is 0 Å². The Kier molecular flexibility index (Phi) is 9.12. The van der Waals surface area contributed by atoms with E-state index in [4.69, 9.17) is 4.74 Å². The van der Waals surface area contributed by atoms with Gasteiger partial charge in [0.05, 0.1) is 0 Å². The Morgan fingerprint density at radius 2 is 1.79 bits per heavy atom. The van der Waals surface area contributed by atoms with Gasteiger partial charge in [-0.1, -0.05) is 55.8 Å². The zero-order chi connectivity index (χ0) is 24.7. The third kappa shape index (κ3) is 7.56. The van der Waals surface area contributed by atoms with E-state index in [1.165, 1.54) is 11.6 Å². The molecule has 0 spiro atoms. The van der Waals surface area contributed by atoms with Gasteiger partial charge in [0, 0.05) is 12.6 Å². The lowest BCUT2D eigenvalue weighted by Crippen LogP contribution is -2.45. The Balaban J connectivity index is 1.75. The number of halogens is 1. The largest absolute Gasteiger partial charge is 0.444 e. The number of carbonyl (C=O) groups is 1. The quantitative estimate of drug-likeness (QED) is 0.465. The molecule has 3 rings (SSSR count). The SMILES string of the molecule is CCC(C(C)NC(=O)OC(C)(C)C)C(c1cccc(F)c1)C1CCN(Cc2ccccc2)CC1. The molecule has 5 heteroatoms. The van der Waals surface area contributed by atoms with Crippen LogP contribution in [-0.2, 0) is 11.3 Å². The molecule has 1 N–H and O–H groups in total. The Labute approximate surface area is 204 Å². The number of hydrogen-bond donors (Lipinski definition) is 1. The maximum atomic E-state index is 14.3. The normalized spacial score (nSPS) is 18.2. The van der Waals surface area contributed by atoms with Crippen LogP contribution in [0.2, 0.25) is 0 Å². The van der Waals surface area contributed by atoms with Gasteiger partial charge in [0.25, 0.3) is 0 Å². The molecular weight excluding hydrogens is 427 g/mol. The molecule has 4 nitrogen and oxygen atoms in total. The van der Waals surface area contributed by atoms with Crippen molar-refractivity contribution in [3.05, 3.63) is 71.5 Å². The van der Waals surface area contributed by atoms with Gasteiger partial charge in [0.2, 0.25) is 0 Å². The molecule has 1 heterocycles. The van der Waals surface area contributed by atoms with Gasteiger partial charge in [-0.05, 0) is 94.6 Å². The zero-order valence-electron chi connectivity index (χ0n) is 21.4. The van der Waals surface area contributed by atoms with E-state index in [-0.39, 0.29) is 23.7 Å². The summed E-state index contributed by atoms with van der Waals surface area (Å²) < 4.78 is 19.8. The molecule has 0 radical (unpaired) electrons. The highest BCUT2D eigenvalue weighted by Gasteiger charge is 2.36. The van der Waals surface area contributed by atoms with E-state index in [0.29, 0.717) is 5.92 Å². The minimum atomic E-state index is -0.543. The van der Waals surface area contributed by atoms with Crippen molar-refractivity contribution >= 4 is 6.09 Å². The minimum Gasteiger partial charge on any atom is -0.444 e. The molecule has 0 aliphatic carbocycles. The summed E-state index contributed by atoms with van der Waals surface area (Å²) in [6.07, 6.45) is 2.62. The molecule has 2 aromatic carbocycles. The van der Waals surface area contributed by atoms with Crippen LogP contribution in [0, 0.1) is 17.7 Å². The Morgan fingerprint density at radius 3 is 2.38 bits per heavy atom. The van der Waals surface area contributed by atoms with E-state index < -0.39 is 11.7 Å². The summed E-state index contributed by atoms with van der Waals surface area (Å²) in [6, 6.07) is 17.5. The first-order valence-corrected chi connectivity index (χ1v) is 12.7. The number of nitrogens with zero attached hydrogens (tertiary/aromatic N) is 1. The van der Waals surface area contributed by atoms with Crippen LogP contribution >= 0.6 is 0 Å². The Bertz CT molecular complexity index is 904. The molecule has 2 aromatic rings. The summed E-state index contributed by atoms with van der Waals surface area (Å²) >= 11 is 0. The van der Waals surface area contributed by atoms with Crippen molar-refractivity contribution in [1.29, 1.82) is 0 Å². The fraction of sp³-hybridized carbons (Fsp3) is 0.552. The lowest BCUT2D eigenvalue weighted by atomic mass is 9.69. The topological polar surface area (TPSA) is 41.6 Å². The second-order valence-corrected chi connectivity index (χ2v) is 10.7. The number of likely N-dealkylation sites (tertiary alicyclic amines) is 1. The van der Waals surface area contributed by atoms with Crippen molar-refractivity contribution in [3.63, 3.8) is 0 Å². The van der Waals surface area contributed by atoms with E-state index in [1.807, 2.05) is 26.8 Å². The molecule has 3 atom stereocenters. The van der Waals surface area contributed by atoms with Gasteiger partial charge < -0.3 is 10.1 Å². The molecule has 0 saturated carbocycles. The smallest absolute Gasteiger partial charge is 0.407 e. The van der Waals surface area contributed by atoms with Crippen molar-refractivity contribution in [2.45, 2.75) is 78.0 Å². The molecule has 1 aliphatic rings. The van der Waals surface area contributed by atoms with Gasteiger partial charge in [-0.15, -0.1) is 0 Å². The summed E-state index contributed by atoms with van der Waals surface area (Å²) in [6.45, 7) is 12.8. The van der Waals surface area contributed by atoms with Crippen LogP contribution in [0.1, 0.15) is 70.9 Å². The number of nitrogens with one attached hydrogen (secondary N) is 1. The highest BCUT2D eigenvalue weighted by atomic mass is 19.1. The first-order valence-electron chi connectivity index (χ1n) is 12.7. The van der Waals surface area contributed by atoms with E-state index in [0.717, 1.165) is 44.5 Å². The van der Waals surface area contributed by atoms with Gasteiger partial charge >= 0.3 is 6.09 Å². The minimum absolute atomic E-state index is 0.0875. The number of carbonyl (C=O) groups excluding carboxylic acids is 1. The first kappa shape index (κ1) is 26.2. The molecule has 1 amide bonds. The average molecular weight is 469 g/mol. The van der Waals surface area contributed by atoms with Crippen LogP contribution in [0.5, 0.6) is 0 Å². The van der Waals surface area contributed by atoms with Crippen LogP contribution in [0.15, 0.2) is 54.6 Å². The lowest BCUT2D eigenvalue weighted by molar-refractivity contribution is 0.0472. The van der Waals surface area contributed by atoms with Crippen LogP contribution in [0.25, 0.3) is 0 Å². The number of rotatable bonds is 8. The van der Waals surface area contributed by atoms with E-state index in [1.54, 1.807) is 12.1 Å². The number of ether oxygens (including phenoxy) is 1. The fourth-order valence-corrected chi connectivity index (χ4v) is 5.41. The van der Waals surface area contributed by atoms with Gasteiger partial charge in [-0.2, -0.15) is 0 Å². The summed E-state index contributed by atoms with van der Waals surface area (Å²) in [5, 5.41) is 3.07. The maximum absolute atomic E-state index is 14.3. The second kappa shape index (κ2) is 11.8. The molecule has 1 saturated heterocycles. The zero-order valence-corrected chi connectivity index (χ0v) is 21.4. The third-order valence-corrected chi connectivity index (χ3v) is 6.94. The Morgan fingerprint density at radius 1 is 1.12 bits per heavy atom. The molecular formula is C29H41FN2O2. The van der Waals surface area contributed by atoms with Crippen molar-refractivity contribution in [3.8, 4) is 0 Å². The number of alkyl carbamates (subject to hydrolysis) is 1. The molecule has 34 heavy (non-hydrogen) atoms. The second-order valence-electron chi connectivity index (χ2n) is 10.7. The van der Waals surface area contributed by atoms with Crippen molar-refractivity contribution < 1.29 is 13.9 Å². The van der Waals surface area contributed by atoms with Crippen LogP contribution < -0.4 is 5.32 Å². The predicted molar refractivity (Wildman–Crippen MR) is 136 cm³/mol. The molecule has 1 fully saturated rings. The fourth-order valence-electron chi connectivity index (χ4n) is 5.41. The molecule has 186 valence electrons. The predicted octanol–water partition coefficient (Wildman–Crippen LogP) is 6.76. The monoisotopic (exact) mass is 468 g/mol. The molecule has 3 unspecified atom stereocenters. The molecule has 1 aliphatic heterocycles. The van der Waals surface area contributed by atoms with Gasteiger partial charge in [-0.25, -0.2) is 9.18 Å². The third-order valence-electron chi connectivity index (χ3n) is 6.94. The van der Waals surface area contributed by atoms with Crippen molar-refractivity contribution in [2.24, 2.45) is 11.8 Å². The van der Waals surface area contributed by atoms with Crippen LogP contribution in [0.4, 0.5) is 9.18 Å². The number of piperidine rings is 1. The highest BCUT2D eigenvalue weighted by Crippen LogP contribution is 2.41. The number of amides is 1. The number of benzene rings is 2.